The minimum absolute atomic E-state index is 0.00460. The van der Waals surface area contributed by atoms with E-state index in [1.807, 2.05) is 60.7 Å². The van der Waals surface area contributed by atoms with Crippen molar-refractivity contribution in [3.63, 3.8) is 0 Å². The van der Waals surface area contributed by atoms with Gasteiger partial charge in [-0.2, -0.15) is 0 Å². The third-order valence-electron chi connectivity index (χ3n) is 8.37. The molecule has 0 radical (unpaired) electrons. The molecule has 2 aliphatic carbocycles. The molecule has 0 unspecified atom stereocenters. The van der Waals surface area contributed by atoms with Crippen LogP contribution in [0.2, 0.25) is 0 Å². The second-order valence-electron chi connectivity index (χ2n) is 9.80. The maximum atomic E-state index is 13.7. The number of nitrogens with zero attached hydrogens (tertiary/aromatic N) is 2. The van der Waals surface area contributed by atoms with Crippen molar-refractivity contribution < 1.29 is 23.9 Å². The Morgan fingerprint density at radius 1 is 0.857 bits per heavy atom. The Hall–Kier alpha value is -3.87. The number of oxime groups is 1. The third-order valence-corrected chi connectivity index (χ3v) is 8.37. The Labute approximate surface area is 202 Å². The molecule has 2 amide bonds. The van der Waals surface area contributed by atoms with E-state index in [1.165, 1.54) is 4.90 Å². The largest absolute Gasteiger partial charge is 0.497 e. The molecule has 2 saturated carbocycles. The van der Waals surface area contributed by atoms with E-state index < -0.39 is 0 Å². The van der Waals surface area contributed by atoms with Crippen molar-refractivity contribution in [3.05, 3.63) is 66.2 Å². The van der Waals surface area contributed by atoms with E-state index in [2.05, 4.69) is 5.16 Å². The maximum absolute atomic E-state index is 13.7. The molecule has 4 aliphatic rings. The van der Waals surface area contributed by atoms with Crippen LogP contribution in [0.5, 0.6) is 11.5 Å². The molecule has 7 rings (SSSR count). The van der Waals surface area contributed by atoms with Crippen LogP contribution in [0.1, 0.15) is 12.0 Å². The smallest absolute Gasteiger partial charge is 0.238 e. The van der Waals surface area contributed by atoms with E-state index in [9.17, 15) is 9.59 Å². The highest BCUT2D eigenvalue weighted by Gasteiger charge is 2.70. The summed E-state index contributed by atoms with van der Waals surface area (Å²) in [7, 11) is 3.23. The zero-order chi connectivity index (χ0) is 23.8. The highest BCUT2D eigenvalue weighted by Crippen LogP contribution is 2.62. The molecule has 35 heavy (non-hydrogen) atoms. The predicted octanol–water partition coefficient (Wildman–Crippen LogP) is 4.03. The first-order chi connectivity index (χ1) is 17.1. The Balaban J connectivity index is 1.24. The Kier molecular flexibility index (Phi) is 4.28. The summed E-state index contributed by atoms with van der Waals surface area (Å²) in [4.78, 5) is 34.7. The van der Waals surface area contributed by atoms with Crippen molar-refractivity contribution in [2.75, 3.05) is 19.1 Å². The fourth-order valence-electron chi connectivity index (χ4n) is 6.93. The van der Waals surface area contributed by atoms with E-state index in [4.69, 9.17) is 14.3 Å². The molecule has 0 spiro atoms. The third kappa shape index (κ3) is 2.69. The van der Waals surface area contributed by atoms with Crippen molar-refractivity contribution in [1.82, 2.24) is 0 Å². The highest BCUT2D eigenvalue weighted by molar-refractivity contribution is 6.23. The summed E-state index contributed by atoms with van der Waals surface area (Å²) in [5.41, 5.74) is 2.28. The minimum Gasteiger partial charge on any atom is -0.497 e. The number of fused-ring (bicyclic) bond motifs is 9. The van der Waals surface area contributed by atoms with E-state index in [1.54, 1.807) is 14.2 Å². The van der Waals surface area contributed by atoms with E-state index >= 15 is 0 Å². The fraction of sp³-hybridized carbons (Fsp3) is 0.321. The number of rotatable bonds is 4. The van der Waals surface area contributed by atoms with Gasteiger partial charge in [0.05, 0.1) is 37.5 Å². The average molecular weight is 469 g/mol. The van der Waals surface area contributed by atoms with E-state index in [0.717, 1.165) is 28.5 Å². The summed E-state index contributed by atoms with van der Waals surface area (Å²) < 4.78 is 11.0. The van der Waals surface area contributed by atoms with Gasteiger partial charge >= 0.3 is 0 Å². The summed E-state index contributed by atoms with van der Waals surface area (Å²) in [6, 6.07) is 19.3. The second-order valence-corrected chi connectivity index (χ2v) is 9.80. The number of ether oxygens (including phenoxy) is 2. The van der Waals surface area contributed by atoms with Crippen LogP contribution < -0.4 is 14.4 Å². The highest BCUT2D eigenvalue weighted by atomic mass is 16.6. The zero-order valence-corrected chi connectivity index (χ0v) is 19.4. The molecule has 0 N–H and O–H groups in total. The molecule has 176 valence electrons. The van der Waals surface area contributed by atoms with Gasteiger partial charge in [0.2, 0.25) is 11.8 Å². The Morgan fingerprint density at radius 2 is 1.63 bits per heavy atom. The van der Waals surface area contributed by atoms with Gasteiger partial charge < -0.3 is 14.3 Å². The first-order valence-corrected chi connectivity index (χ1v) is 11.9. The lowest BCUT2D eigenvalue weighted by Gasteiger charge is -2.30. The van der Waals surface area contributed by atoms with Gasteiger partial charge in [0.1, 0.15) is 17.6 Å². The molecule has 7 heteroatoms. The number of methoxy groups -OCH3 is 2. The van der Waals surface area contributed by atoms with Gasteiger partial charge in [-0.1, -0.05) is 35.5 Å². The molecular weight excluding hydrogens is 444 g/mol. The van der Waals surface area contributed by atoms with E-state index in [0.29, 0.717) is 17.2 Å². The quantitative estimate of drug-likeness (QED) is 0.541. The average Bonchev–Trinajstić information content (AvgIpc) is 3.63. The number of hydrogen-bond donors (Lipinski definition) is 0. The maximum Gasteiger partial charge on any atom is 0.238 e. The van der Waals surface area contributed by atoms with Crippen molar-refractivity contribution >= 4 is 34.0 Å². The zero-order valence-electron chi connectivity index (χ0n) is 19.4. The van der Waals surface area contributed by atoms with Crippen LogP contribution in [-0.2, 0) is 14.4 Å². The number of carbonyl (C=O) groups excluding carboxylic acids is 2. The Morgan fingerprint density at radius 3 is 2.40 bits per heavy atom. The summed E-state index contributed by atoms with van der Waals surface area (Å²) >= 11 is 0. The van der Waals surface area contributed by atoms with Crippen LogP contribution in [0.25, 0.3) is 10.8 Å². The molecule has 2 heterocycles. The van der Waals surface area contributed by atoms with Gasteiger partial charge in [0.15, 0.2) is 0 Å². The van der Waals surface area contributed by atoms with Crippen LogP contribution in [0.4, 0.5) is 5.69 Å². The summed E-state index contributed by atoms with van der Waals surface area (Å²) in [6.45, 7) is 0. The predicted molar refractivity (Wildman–Crippen MR) is 129 cm³/mol. The van der Waals surface area contributed by atoms with Gasteiger partial charge in [0, 0.05) is 23.5 Å². The normalized spacial score (nSPS) is 30.3. The van der Waals surface area contributed by atoms with Crippen molar-refractivity contribution in [1.29, 1.82) is 0 Å². The fourth-order valence-corrected chi connectivity index (χ4v) is 6.93. The topological polar surface area (TPSA) is 77.4 Å². The lowest BCUT2D eigenvalue weighted by atomic mass is 9.71. The van der Waals surface area contributed by atoms with Crippen LogP contribution in [0, 0.1) is 29.6 Å². The van der Waals surface area contributed by atoms with Gasteiger partial charge in [-0.15, -0.1) is 0 Å². The molecule has 1 saturated heterocycles. The molecule has 7 nitrogen and oxygen atoms in total. The number of carbonyl (C=O) groups is 2. The lowest BCUT2D eigenvalue weighted by Crippen LogP contribution is -2.41. The van der Waals surface area contributed by atoms with Crippen molar-refractivity contribution in [2.24, 2.45) is 34.7 Å². The molecule has 3 aromatic rings. The van der Waals surface area contributed by atoms with Gasteiger partial charge in [-0.05, 0) is 47.4 Å². The minimum atomic E-state index is -0.354. The number of anilines is 1. The van der Waals surface area contributed by atoms with Gasteiger partial charge in [-0.25, -0.2) is 0 Å². The molecule has 6 atom stereocenters. The molecule has 3 fully saturated rings. The van der Waals surface area contributed by atoms with Gasteiger partial charge in [-0.3, -0.25) is 14.5 Å². The van der Waals surface area contributed by atoms with Crippen molar-refractivity contribution in [3.8, 4) is 11.5 Å². The summed E-state index contributed by atoms with van der Waals surface area (Å²) in [6.07, 6.45) is 0.599. The van der Waals surface area contributed by atoms with E-state index in [-0.39, 0.29) is 47.5 Å². The monoisotopic (exact) mass is 468 g/mol. The Bertz CT molecular complexity index is 1430. The first kappa shape index (κ1) is 20.5. The first-order valence-electron chi connectivity index (χ1n) is 11.9. The number of benzene rings is 3. The number of hydrogen-bond acceptors (Lipinski definition) is 6. The van der Waals surface area contributed by atoms with Crippen LogP contribution in [0.15, 0.2) is 65.8 Å². The SMILES string of the molecule is COc1ccc(C2=NO[C@@H]3[C@H]4C[C@@H]([C@H]23)[C@@H]2C(=O)N(c3ccc5ccccc5c3)C(=O)[C@@H]42)c(OC)c1. The second kappa shape index (κ2) is 7.31. The van der Waals surface area contributed by atoms with Crippen LogP contribution in [0.3, 0.4) is 0 Å². The summed E-state index contributed by atoms with van der Waals surface area (Å²) in [5, 5.41) is 6.53. The lowest BCUT2D eigenvalue weighted by molar-refractivity contribution is -0.125. The summed E-state index contributed by atoms with van der Waals surface area (Å²) in [5.74, 6) is 0.359. The molecule has 2 bridgehead atoms. The molecule has 2 aliphatic heterocycles. The number of amides is 2. The molecule has 3 aromatic carbocycles. The number of imide groups is 1. The molecular formula is C28H24N2O5. The standard InChI is InChI=1S/C28H24N2O5/c1-33-17-9-10-18(21(12-17)34-2)25-24-19-13-20(26(24)35-29-25)23-22(19)27(31)30(28(23)32)16-8-7-14-5-3-4-6-15(14)11-16/h3-12,19-20,22-24,26H,13H2,1-2H3/t19-,20+,22+,23+,24-,26-/m1/s1. The van der Waals surface area contributed by atoms with Crippen LogP contribution in [-0.4, -0.2) is 37.8 Å². The van der Waals surface area contributed by atoms with Gasteiger partial charge in [0.25, 0.3) is 0 Å². The molecule has 0 aromatic heterocycles. The van der Waals surface area contributed by atoms with Crippen LogP contribution >= 0.6 is 0 Å². The van der Waals surface area contributed by atoms with Crippen molar-refractivity contribution in [2.45, 2.75) is 12.5 Å².